The van der Waals surface area contributed by atoms with Gasteiger partial charge in [-0.15, -0.1) is 0 Å². The van der Waals surface area contributed by atoms with Gasteiger partial charge in [0.05, 0.1) is 12.2 Å². The lowest BCUT2D eigenvalue weighted by molar-refractivity contribution is 0.0956. The lowest BCUT2D eigenvalue weighted by atomic mass is 9.98. The van der Waals surface area contributed by atoms with Gasteiger partial charge in [-0.05, 0) is 57.2 Å². The Hall–Kier alpha value is -2.08. The molecule has 6 heteroatoms. The lowest BCUT2D eigenvalue weighted by Crippen LogP contribution is -2.51. The topological polar surface area (TPSA) is 70.7 Å². The van der Waals surface area contributed by atoms with E-state index in [2.05, 4.69) is 36.4 Å². The molecular weight excluding hydrogens is 342 g/mol. The maximum Gasteiger partial charge on any atom is 0.321 e. The molecule has 2 heterocycles. The highest BCUT2D eigenvalue weighted by molar-refractivity contribution is 6.05. The van der Waals surface area contributed by atoms with Crippen molar-refractivity contribution >= 4 is 11.9 Å². The minimum absolute atomic E-state index is 0.129. The number of amides is 3. The molecule has 2 N–H and O–H groups in total. The quantitative estimate of drug-likeness (QED) is 0.803. The number of imide groups is 1. The van der Waals surface area contributed by atoms with Crippen LogP contribution in [-0.4, -0.2) is 48.6 Å². The fraction of sp³-hybridized carbons (Fsp3) is 0.619. The number of carbonyl (C=O) groups is 2. The van der Waals surface area contributed by atoms with Gasteiger partial charge in [-0.25, -0.2) is 4.79 Å². The first-order chi connectivity index (χ1) is 12.9. The molecule has 27 heavy (non-hydrogen) atoms. The molecule has 6 nitrogen and oxygen atoms in total. The normalized spacial score (nSPS) is 24.7. The molecule has 148 valence electrons. The first kappa shape index (κ1) is 19.7. The first-order valence-electron chi connectivity index (χ1n) is 9.99. The SMILES string of the molecule is CC(C)CCOc1ccccc1C(=O)NC(=O)NC1C[C@H]2CC[C@@H](C1)N2C. The first-order valence-corrected chi connectivity index (χ1v) is 9.99. The molecule has 2 bridgehead atoms. The van der Waals surface area contributed by atoms with Gasteiger partial charge in [0.2, 0.25) is 0 Å². The van der Waals surface area contributed by atoms with Crippen LogP contribution in [0.25, 0.3) is 0 Å². The van der Waals surface area contributed by atoms with Gasteiger partial charge in [-0.1, -0.05) is 26.0 Å². The maximum atomic E-state index is 12.5. The highest BCUT2D eigenvalue weighted by Gasteiger charge is 2.38. The number of para-hydroxylation sites is 1. The molecule has 2 aliphatic rings. The third-order valence-corrected chi connectivity index (χ3v) is 5.74. The molecule has 2 aliphatic heterocycles. The zero-order valence-electron chi connectivity index (χ0n) is 16.5. The van der Waals surface area contributed by atoms with E-state index in [1.54, 1.807) is 18.2 Å². The van der Waals surface area contributed by atoms with Crippen LogP contribution >= 0.6 is 0 Å². The summed E-state index contributed by atoms with van der Waals surface area (Å²) in [6.07, 6.45) is 5.20. The zero-order valence-corrected chi connectivity index (χ0v) is 16.5. The van der Waals surface area contributed by atoms with E-state index in [0.717, 1.165) is 19.3 Å². The largest absolute Gasteiger partial charge is 0.493 e. The summed E-state index contributed by atoms with van der Waals surface area (Å²) in [4.78, 5) is 27.3. The third-order valence-electron chi connectivity index (χ3n) is 5.74. The van der Waals surface area contributed by atoms with E-state index in [4.69, 9.17) is 4.74 Å². The molecule has 1 unspecified atom stereocenters. The molecule has 3 rings (SSSR count). The summed E-state index contributed by atoms with van der Waals surface area (Å²) in [5.74, 6) is 0.617. The average molecular weight is 373 g/mol. The highest BCUT2D eigenvalue weighted by atomic mass is 16.5. The van der Waals surface area contributed by atoms with Crippen LogP contribution in [0.4, 0.5) is 4.79 Å². The van der Waals surface area contributed by atoms with Gasteiger partial charge in [0.15, 0.2) is 0 Å². The van der Waals surface area contributed by atoms with Crippen LogP contribution < -0.4 is 15.4 Å². The van der Waals surface area contributed by atoms with Crippen molar-refractivity contribution in [2.24, 2.45) is 5.92 Å². The van der Waals surface area contributed by atoms with Crippen molar-refractivity contribution in [3.8, 4) is 5.75 Å². The Bertz CT molecular complexity index is 662. The van der Waals surface area contributed by atoms with E-state index in [1.807, 2.05) is 6.07 Å². The monoisotopic (exact) mass is 373 g/mol. The Kier molecular flexibility index (Phi) is 6.37. The number of nitrogens with one attached hydrogen (secondary N) is 2. The molecule has 1 aromatic rings. The molecule has 0 radical (unpaired) electrons. The number of piperidine rings is 1. The summed E-state index contributed by atoms with van der Waals surface area (Å²) in [5.41, 5.74) is 0.389. The van der Waals surface area contributed by atoms with E-state index in [-0.39, 0.29) is 6.04 Å². The van der Waals surface area contributed by atoms with Gasteiger partial charge in [0.1, 0.15) is 5.75 Å². The summed E-state index contributed by atoms with van der Waals surface area (Å²) in [7, 11) is 2.17. The van der Waals surface area contributed by atoms with Crippen molar-refractivity contribution in [1.29, 1.82) is 0 Å². The Morgan fingerprint density at radius 1 is 1.19 bits per heavy atom. The Labute approximate surface area is 161 Å². The Morgan fingerprint density at radius 2 is 1.85 bits per heavy atom. The number of rotatable bonds is 6. The summed E-state index contributed by atoms with van der Waals surface area (Å²) in [5, 5.41) is 5.44. The number of ether oxygens (including phenoxy) is 1. The number of nitrogens with zero attached hydrogens (tertiary/aromatic N) is 1. The fourth-order valence-corrected chi connectivity index (χ4v) is 4.11. The van der Waals surface area contributed by atoms with E-state index in [9.17, 15) is 9.59 Å². The number of hydrogen-bond donors (Lipinski definition) is 2. The Balaban J connectivity index is 1.53. The molecule has 2 fully saturated rings. The van der Waals surface area contributed by atoms with Crippen LogP contribution in [0.2, 0.25) is 0 Å². The number of urea groups is 1. The third kappa shape index (κ3) is 5.01. The predicted octanol–water partition coefficient (Wildman–Crippen LogP) is 3.18. The lowest BCUT2D eigenvalue weighted by Gasteiger charge is -2.36. The van der Waals surface area contributed by atoms with Crippen LogP contribution in [0.1, 0.15) is 56.3 Å². The second kappa shape index (κ2) is 8.74. The maximum absolute atomic E-state index is 12.5. The van der Waals surface area contributed by atoms with Crippen molar-refractivity contribution in [3.63, 3.8) is 0 Å². The Morgan fingerprint density at radius 3 is 2.52 bits per heavy atom. The van der Waals surface area contributed by atoms with Gasteiger partial charge in [0, 0.05) is 18.1 Å². The van der Waals surface area contributed by atoms with Gasteiger partial charge in [-0.2, -0.15) is 0 Å². The predicted molar refractivity (Wildman–Crippen MR) is 105 cm³/mol. The molecule has 0 saturated carbocycles. The molecule has 3 amide bonds. The second-order valence-corrected chi connectivity index (χ2v) is 8.17. The van der Waals surface area contributed by atoms with Crippen LogP contribution in [0.5, 0.6) is 5.75 Å². The highest BCUT2D eigenvalue weighted by Crippen LogP contribution is 2.34. The van der Waals surface area contributed by atoms with Crippen molar-refractivity contribution < 1.29 is 14.3 Å². The fourth-order valence-electron chi connectivity index (χ4n) is 4.11. The number of hydrogen-bond acceptors (Lipinski definition) is 4. The number of carbonyl (C=O) groups excluding carboxylic acids is 2. The molecule has 0 spiro atoms. The van der Waals surface area contributed by atoms with E-state index in [1.165, 1.54) is 12.8 Å². The zero-order chi connectivity index (χ0) is 19.4. The van der Waals surface area contributed by atoms with Crippen LogP contribution in [-0.2, 0) is 0 Å². The van der Waals surface area contributed by atoms with E-state index < -0.39 is 11.9 Å². The smallest absolute Gasteiger partial charge is 0.321 e. The van der Waals surface area contributed by atoms with E-state index >= 15 is 0 Å². The van der Waals surface area contributed by atoms with Gasteiger partial charge < -0.3 is 15.0 Å². The number of fused-ring (bicyclic) bond motifs is 2. The summed E-state index contributed by atoms with van der Waals surface area (Å²) >= 11 is 0. The molecule has 0 aliphatic carbocycles. The number of benzene rings is 1. The molecule has 0 aromatic heterocycles. The van der Waals surface area contributed by atoms with Crippen molar-refractivity contribution in [2.75, 3.05) is 13.7 Å². The minimum Gasteiger partial charge on any atom is -0.493 e. The standard InChI is InChI=1S/C21H31N3O3/c1-14(2)10-11-27-19-7-5-4-6-18(19)20(25)23-21(26)22-15-12-16-8-9-17(13-15)24(16)3/h4-7,14-17H,8-13H2,1-3H3,(H2,22,23,25,26)/t15?,16-,17+. The van der Waals surface area contributed by atoms with Crippen LogP contribution in [0.15, 0.2) is 24.3 Å². The average Bonchev–Trinajstić information content (AvgIpc) is 2.82. The molecular formula is C21H31N3O3. The van der Waals surface area contributed by atoms with Crippen molar-refractivity contribution in [1.82, 2.24) is 15.5 Å². The summed E-state index contributed by atoms with van der Waals surface area (Å²) < 4.78 is 5.75. The van der Waals surface area contributed by atoms with Crippen LogP contribution in [0.3, 0.4) is 0 Å². The van der Waals surface area contributed by atoms with Gasteiger partial charge >= 0.3 is 6.03 Å². The second-order valence-electron chi connectivity index (χ2n) is 8.17. The van der Waals surface area contributed by atoms with Gasteiger partial charge in [-0.3, -0.25) is 10.1 Å². The minimum atomic E-state index is -0.427. The molecule has 2 saturated heterocycles. The van der Waals surface area contributed by atoms with E-state index in [0.29, 0.717) is 35.9 Å². The van der Waals surface area contributed by atoms with Crippen molar-refractivity contribution in [2.45, 2.75) is 64.1 Å². The van der Waals surface area contributed by atoms with Crippen molar-refractivity contribution in [3.05, 3.63) is 29.8 Å². The molecule has 3 atom stereocenters. The summed E-state index contributed by atoms with van der Waals surface area (Å²) in [6, 6.07) is 7.84. The summed E-state index contributed by atoms with van der Waals surface area (Å²) in [6.45, 7) is 4.80. The van der Waals surface area contributed by atoms with Gasteiger partial charge in [0.25, 0.3) is 5.91 Å². The van der Waals surface area contributed by atoms with Crippen LogP contribution in [0, 0.1) is 5.92 Å². The molecule has 1 aromatic carbocycles.